The molecule has 1 N–H and O–H groups in total. The van der Waals surface area contributed by atoms with Gasteiger partial charge in [0.2, 0.25) is 0 Å². The summed E-state index contributed by atoms with van der Waals surface area (Å²) in [4.78, 5) is 11.6. The van der Waals surface area contributed by atoms with Crippen LogP contribution in [0.5, 0.6) is 0 Å². The lowest BCUT2D eigenvalue weighted by molar-refractivity contribution is -0.117. The van der Waals surface area contributed by atoms with Crippen LogP contribution in [0.1, 0.15) is 30.9 Å². The van der Waals surface area contributed by atoms with Gasteiger partial charge >= 0.3 is 0 Å². The minimum Gasteiger partial charge on any atom is -0.307 e. The van der Waals surface area contributed by atoms with Crippen molar-refractivity contribution >= 4 is 5.78 Å². The molecule has 0 saturated heterocycles. The standard InChI is InChI=1S/C14H19NO/c1-2-11-3-5-12(6-4-11)9-14(16)10-15-13-7-8-13/h3-6,13,15H,2,7-10H2,1H3. The van der Waals surface area contributed by atoms with Crippen molar-refractivity contribution in [3.05, 3.63) is 35.4 Å². The van der Waals surface area contributed by atoms with Crippen molar-refractivity contribution in [2.24, 2.45) is 0 Å². The fourth-order valence-electron chi connectivity index (χ4n) is 1.73. The van der Waals surface area contributed by atoms with Crippen molar-refractivity contribution in [1.29, 1.82) is 0 Å². The minimum absolute atomic E-state index is 0.288. The van der Waals surface area contributed by atoms with Crippen molar-refractivity contribution < 1.29 is 4.79 Å². The van der Waals surface area contributed by atoms with Gasteiger partial charge in [0, 0.05) is 12.5 Å². The van der Waals surface area contributed by atoms with Gasteiger partial charge in [0.05, 0.1) is 6.54 Å². The molecule has 0 radical (unpaired) electrons. The highest BCUT2D eigenvalue weighted by Crippen LogP contribution is 2.18. The number of hydrogen-bond acceptors (Lipinski definition) is 2. The predicted molar refractivity (Wildman–Crippen MR) is 65.6 cm³/mol. The van der Waals surface area contributed by atoms with Crippen LogP contribution in [0.15, 0.2) is 24.3 Å². The molecule has 0 heterocycles. The largest absolute Gasteiger partial charge is 0.307 e. The summed E-state index contributed by atoms with van der Waals surface area (Å²) in [5.74, 6) is 0.288. The van der Waals surface area contributed by atoms with Crippen LogP contribution in [0.3, 0.4) is 0 Å². The molecule has 1 fully saturated rings. The van der Waals surface area contributed by atoms with E-state index in [4.69, 9.17) is 0 Å². The van der Waals surface area contributed by atoms with Gasteiger partial charge in [-0.05, 0) is 30.4 Å². The molecule has 2 heteroatoms. The van der Waals surface area contributed by atoms with Crippen molar-refractivity contribution in [2.75, 3.05) is 6.54 Å². The SMILES string of the molecule is CCc1ccc(CC(=O)CNC2CC2)cc1. The zero-order valence-corrected chi connectivity index (χ0v) is 9.83. The third-order valence-corrected chi connectivity index (χ3v) is 3.00. The zero-order valence-electron chi connectivity index (χ0n) is 9.83. The lowest BCUT2D eigenvalue weighted by Crippen LogP contribution is -2.25. The van der Waals surface area contributed by atoms with E-state index in [0.29, 0.717) is 19.0 Å². The second kappa shape index (κ2) is 5.26. The molecule has 1 aromatic carbocycles. The normalized spacial score (nSPS) is 15.1. The molecule has 0 aromatic heterocycles. The second-order valence-corrected chi connectivity index (χ2v) is 4.54. The number of nitrogens with one attached hydrogen (secondary N) is 1. The van der Waals surface area contributed by atoms with Gasteiger partial charge in [0.1, 0.15) is 0 Å². The Kier molecular flexibility index (Phi) is 3.73. The second-order valence-electron chi connectivity index (χ2n) is 4.54. The summed E-state index contributed by atoms with van der Waals surface area (Å²) in [6, 6.07) is 8.96. The molecule has 0 atom stereocenters. The lowest BCUT2D eigenvalue weighted by Gasteiger charge is -2.03. The third-order valence-electron chi connectivity index (χ3n) is 3.00. The van der Waals surface area contributed by atoms with Gasteiger partial charge in [-0.2, -0.15) is 0 Å². The molecular weight excluding hydrogens is 198 g/mol. The summed E-state index contributed by atoms with van der Waals surface area (Å²) in [6.07, 6.45) is 4.08. The summed E-state index contributed by atoms with van der Waals surface area (Å²) in [5.41, 5.74) is 2.45. The van der Waals surface area contributed by atoms with Crippen LogP contribution in [0.25, 0.3) is 0 Å². The molecule has 1 aromatic rings. The quantitative estimate of drug-likeness (QED) is 0.790. The lowest BCUT2D eigenvalue weighted by atomic mass is 10.1. The van der Waals surface area contributed by atoms with Gasteiger partial charge in [0.25, 0.3) is 0 Å². The first-order valence-electron chi connectivity index (χ1n) is 6.11. The summed E-state index contributed by atoms with van der Waals surface area (Å²) in [6.45, 7) is 2.67. The number of hydrogen-bond donors (Lipinski definition) is 1. The van der Waals surface area contributed by atoms with Crippen LogP contribution in [0, 0.1) is 0 Å². The molecule has 0 aliphatic heterocycles. The van der Waals surface area contributed by atoms with E-state index in [1.54, 1.807) is 0 Å². The first kappa shape index (κ1) is 11.3. The van der Waals surface area contributed by atoms with Gasteiger partial charge in [-0.3, -0.25) is 4.79 Å². The van der Waals surface area contributed by atoms with Crippen molar-refractivity contribution in [3.8, 4) is 0 Å². The summed E-state index contributed by atoms with van der Waals surface area (Å²) < 4.78 is 0. The third kappa shape index (κ3) is 3.46. The summed E-state index contributed by atoms with van der Waals surface area (Å²) in [5, 5.41) is 3.25. The molecule has 1 aliphatic rings. The van der Waals surface area contributed by atoms with E-state index in [1.807, 2.05) is 0 Å². The van der Waals surface area contributed by atoms with E-state index in [9.17, 15) is 4.79 Å². The van der Waals surface area contributed by atoms with Gasteiger partial charge in [-0.1, -0.05) is 31.2 Å². The molecule has 16 heavy (non-hydrogen) atoms. The maximum absolute atomic E-state index is 11.6. The summed E-state index contributed by atoms with van der Waals surface area (Å²) >= 11 is 0. The first-order chi connectivity index (χ1) is 7.78. The average Bonchev–Trinajstić information content (AvgIpc) is 3.11. The fourth-order valence-corrected chi connectivity index (χ4v) is 1.73. The molecule has 86 valence electrons. The Morgan fingerprint density at radius 2 is 1.88 bits per heavy atom. The number of carbonyl (C=O) groups excluding carboxylic acids is 1. The molecule has 0 spiro atoms. The van der Waals surface area contributed by atoms with Gasteiger partial charge in [-0.15, -0.1) is 0 Å². The zero-order chi connectivity index (χ0) is 11.4. The Morgan fingerprint density at radius 3 is 2.44 bits per heavy atom. The van der Waals surface area contributed by atoms with Crippen molar-refractivity contribution in [1.82, 2.24) is 5.32 Å². The van der Waals surface area contributed by atoms with E-state index in [-0.39, 0.29) is 5.78 Å². The fraction of sp³-hybridized carbons (Fsp3) is 0.500. The van der Waals surface area contributed by atoms with E-state index < -0.39 is 0 Å². The Labute approximate surface area is 97.1 Å². The number of aryl methyl sites for hydroxylation is 1. The molecule has 0 amide bonds. The van der Waals surface area contributed by atoms with Crippen LogP contribution in [0.4, 0.5) is 0 Å². The number of benzene rings is 1. The van der Waals surface area contributed by atoms with E-state index in [1.165, 1.54) is 18.4 Å². The first-order valence-corrected chi connectivity index (χ1v) is 6.11. The predicted octanol–water partition coefficient (Wildman–Crippen LogP) is 2.11. The van der Waals surface area contributed by atoms with Crippen LogP contribution < -0.4 is 5.32 Å². The van der Waals surface area contributed by atoms with Crippen molar-refractivity contribution in [3.63, 3.8) is 0 Å². The maximum atomic E-state index is 11.6. The maximum Gasteiger partial charge on any atom is 0.150 e. The highest BCUT2D eigenvalue weighted by molar-refractivity contribution is 5.82. The van der Waals surface area contributed by atoms with Crippen LogP contribution in [-0.4, -0.2) is 18.4 Å². The number of ketones is 1. The smallest absolute Gasteiger partial charge is 0.150 e. The van der Waals surface area contributed by atoms with E-state index in [0.717, 1.165) is 12.0 Å². The van der Waals surface area contributed by atoms with Gasteiger partial charge in [-0.25, -0.2) is 0 Å². The van der Waals surface area contributed by atoms with E-state index in [2.05, 4.69) is 36.5 Å². The van der Waals surface area contributed by atoms with Crippen LogP contribution in [0.2, 0.25) is 0 Å². The molecule has 2 nitrogen and oxygen atoms in total. The summed E-state index contributed by atoms with van der Waals surface area (Å²) in [7, 11) is 0. The topological polar surface area (TPSA) is 29.1 Å². The highest BCUT2D eigenvalue weighted by atomic mass is 16.1. The molecule has 1 aliphatic carbocycles. The van der Waals surface area contributed by atoms with Crippen molar-refractivity contribution in [2.45, 2.75) is 38.6 Å². The number of rotatable bonds is 6. The minimum atomic E-state index is 0.288. The van der Waals surface area contributed by atoms with Gasteiger partial charge in [0.15, 0.2) is 5.78 Å². The molecule has 0 unspecified atom stereocenters. The highest BCUT2D eigenvalue weighted by Gasteiger charge is 2.20. The molecule has 2 rings (SSSR count). The Morgan fingerprint density at radius 1 is 1.25 bits per heavy atom. The van der Waals surface area contributed by atoms with Crippen LogP contribution >= 0.6 is 0 Å². The monoisotopic (exact) mass is 217 g/mol. The van der Waals surface area contributed by atoms with E-state index >= 15 is 0 Å². The number of carbonyl (C=O) groups is 1. The Bertz CT molecular complexity index is 352. The molecule has 0 bridgehead atoms. The average molecular weight is 217 g/mol. The molecule has 1 saturated carbocycles. The van der Waals surface area contributed by atoms with Gasteiger partial charge < -0.3 is 5.32 Å². The molecular formula is C14H19NO. The van der Waals surface area contributed by atoms with Crippen LogP contribution in [-0.2, 0) is 17.6 Å². The Hall–Kier alpha value is -1.15. The number of Topliss-reactive ketones (excluding diaryl/α,β-unsaturated/α-hetero) is 1. The Balaban J connectivity index is 1.79.